The second-order valence-corrected chi connectivity index (χ2v) is 5.78. The highest BCUT2D eigenvalue weighted by Crippen LogP contribution is 2.31. The van der Waals surface area contributed by atoms with Gasteiger partial charge in [0, 0.05) is 30.9 Å². The Bertz CT molecular complexity index is 744. The lowest BCUT2D eigenvalue weighted by atomic mass is 10.0. The number of anilines is 1. The minimum atomic E-state index is -0.997. The number of rotatable bonds is 6. The third-order valence-corrected chi connectivity index (χ3v) is 3.62. The van der Waals surface area contributed by atoms with Crippen LogP contribution in [0.1, 0.15) is 5.56 Å². The van der Waals surface area contributed by atoms with Crippen molar-refractivity contribution in [1.29, 1.82) is 0 Å². The Morgan fingerprint density at radius 1 is 1.42 bits per heavy atom. The predicted molar refractivity (Wildman–Crippen MR) is 86.4 cm³/mol. The number of hydrogen-bond acceptors (Lipinski definition) is 7. The summed E-state index contributed by atoms with van der Waals surface area (Å²) in [6, 6.07) is 7.96. The molecule has 0 bridgehead atoms. The standard InChI is InChI=1S/C16H17N3O5/c1-11-2-5-15(17-7-11)24-12-3-4-14(19(21)22)13(6-12)18-8-16(20)9-23-10-16/h2-7,18,20H,8-10H2,1H3. The molecular formula is C16H17N3O5. The van der Waals surface area contributed by atoms with Crippen LogP contribution in [0, 0.1) is 17.0 Å². The summed E-state index contributed by atoms with van der Waals surface area (Å²) in [5, 5.41) is 24.1. The van der Waals surface area contributed by atoms with Gasteiger partial charge in [-0.3, -0.25) is 10.1 Å². The zero-order chi connectivity index (χ0) is 17.2. The lowest BCUT2D eigenvalue weighted by Gasteiger charge is -2.36. The smallest absolute Gasteiger partial charge is 0.292 e. The largest absolute Gasteiger partial charge is 0.439 e. The van der Waals surface area contributed by atoms with Gasteiger partial charge in [0.15, 0.2) is 0 Å². The van der Waals surface area contributed by atoms with E-state index < -0.39 is 10.5 Å². The molecule has 1 aliphatic rings. The van der Waals surface area contributed by atoms with Crippen LogP contribution in [0.4, 0.5) is 11.4 Å². The number of aliphatic hydroxyl groups is 1. The van der Waals surface area contributed by atoms with Gasteiger partial charge in [0.1, 0.15) is 17.0 Å². The van der Waals surface area contributed by atoms with Crippen LogP contribution in [-0.2, 0) is 4.74 Å². The highest BCUT2D eigenvalue weighted by atomic mass is 16.6. The highest BCUT2D eigenvalue weighted by molar-refractivity contribution is 5.64. The monoisotopic (exact) mass is 331 g/mol. The number of hydrogen-bond donors (Lipinski definition) is 2. The van der Waals surface area contributed by atoms with Crippen molar-refractivity contribution in [1.82, 2.24) is 4.98 Å². The van der Waals surface area contributed by atoms with Crippen LogP contribution in [0.25, 0.3) is 0 Å². The molecule has 0 saturated carbocycles. The quantitative estimate of drug-likeness (QED) is 0.617. The molecule has 1 fully saturated rings. The second-order valence-electron chi connectivity index (χ2n) is 5.78. The van der Waals surface area contributed by atoms with Crippen molar-refractivity contribution in [2.45, 2.75) is 12.5 Å². The molecule has 0 atom stereocenters. The van der Waals surface area contributed by atoms with E-state index in [1.807, 2.05) is 13.0 Å². The lowest BCUT2D eigenvalue weighted by Crippen LogP contribution is -2.54. The van der Waals surface area contributed by atoms with E-state index >= 15 is 0 Å². The minimum Gasteiger partial charge on any atom is -0.439 e. The van der Waals surface area contributed by atoms with Gasteiger partial charge in [-0.2, -0.15) is 0 Å². The maximum absolute atomic E-state index is 11.2. The van der Waals surface area contributed by atoms with Gasteiger partial charge in [-0.15, -0.1) is 0 Å². The van der Waals surface area contributed by atoms with Gasteiger partial charge >= 0.3 is 0 Å². The number of pyridine rings is 1. The van der Waals surface area contributed by atoms with E-state index in [9.17, 15) is 15.2 Å². The van der Waals surface area contributed by atoms with Gasteiger partial charge in [-0.25, -0.2) is 4.98 Å². The Balaban J connectivity index is 1.79. The van der Waals surface area contributed by atoms with Crippen LogP contribution in [0.15, 0.2) is 36.5 Å². The number of aromatic nitrogens is 1. The van der Waals surface area contributed by atoms with E-state index in [4.69, 9.17) is 9.47 Å². The fraction of sp³-hybridized carbons (Fsp3) is 0.312. The van der Waals surface area contributed by atoms with Gasteiger partial charge in [0.05, 0.1) is 18.1 Å². The highest BCUT2D eigenvalue weighted by Gasteiger charge is 2.36. The van der Waals surface area contributed by atoms with E-state index in [0.29, 0.717) is 11.6 Å². The first-order valence-electron chi connectivity index (χ1n) is 7.38. The Morgan fingerprint density at radius 2 is 2.21 bits per heavy atom. The average molecular weight is 331 g/mol. The van der Waals surface area contributed by atoms with Crippen LogP contribution in [0.5, 0.6) is 11.6 Å². The summed E-state index contributed by atoms with van der Waals surface area (Å²) in [6.45, 7) is 2.48. The van der Waals surface area contributed by atoms with Crippen molar-refractivity contribution >= 4 is 11.4 Å². The number of nitro groups is 1. The van der Waals surface area contributed by atoms with Crippen molar-refractivity contribution in [2.75, 3.05) is 25.1 Å². The summed E-state index contributed by atoms with van der Waals surface area (Å²) < 4.78 is 10.6. The number of nitro benzene ring substituents is 1. The molecule has 126 valence electrons. The molecule has 3 rings (SSSR count). The molecule has 0 radical (unpaired) electrons. The van der Waals surface area contributed by atoms with Crippen LogP contribution in [-0.4, -0.2) is 40.4 Å². The molecular weight excluding hydrogens is 314 g/mol. The lowest BCUT2D eigenvalue weighted by molar-refractivity contribution is -0.384. The van der Waals surface area contributed by atoms with Gasteiger partial charge in [-0.05, 0) is 18.6 Å². The average Bonchev–Trinajstić information content (AvgIpc) is 2.53. The van der Waals surface area contributed by atoms with E-state index in [1.54, 1.807) is 12.3 Å². The van der Waals surface area contributed by atoms with E-state index in [1.165, 1.54) is 18.2 Å². The molecule has 1 saturated heterocycles. The van der Waals surface area contributed by atoms with Crippen molar-refractivity contribution in [2.24, 2.45) is 0 Å². The van der Waals surface area contributed by atoms with Crippen molar-refractivity contribution < 1.29 is 19.5 Å². The van der Waals surface area contributed by atoms with Gasteiger partial charge in [-0.1, -0.05) is 6.07 Å². The number of aryl methyl sites for hydroxylation is 1. The Morgan fingerprint density at radius 3 is 2.79 bits per heavy atom. The minimum absolute atomic E-state index is 0.0944. The molecule has 0 aliphatic carbocycles. The number of benzene rings is 1. The van der Waals surface area contributed by atoms with E-state index in [-0.39, 0.29) is 31.1 Å². The first-order valence-corrected chi connectivity index (χ1v) is 7.38. The number of ether oxygens (including phenoxy) is 2. The molecule has 2 N–H and O–H groups in total. The normalized spacial score (nSPS) is 15.4. The van der Waals surface area contributed by atoms with Crippen molar-refractivity contribution in [3.05, 3.63) is 52.2 Å². The number of nitrogens with zero attached hydrogens (tertiary/aromatic N) is 2. The molecule has 1 aromatic carbocycles. The summed E-state index contributed by atoms with van der Waals surface area (Å²) in [7, 11) is 0. The van der Waals surface area contributed by atoms with Crippen LogP contribution in [0.3, 0.4) is 0 Å². The molecule has 24 heavy (non-hydrogen) atoms. The van der Waals surface area contributed by atoms with Gasteiger partial charge < -0.3 is 19.9 Å². The summed E-state index contributed by atoms with van der Waals surface area (Å²) in [5.41, 5.74) is 0.181. The third-order valence-electron chi connectivity index (χ3n) is 3.62. The first kappa shape index (κ1) is 16.2. The molecule has 1 aromatic heterocycles. The van der Waals surface area contributed by atoms with Crippen molar-refractivity contribution in [3.8, 4) is 11.6 Å². The van der Waals surface area contributed by atoms with E-state index in [2.05, 4.69) is 10.3 Å². The summed E-state index contributed by atoms with van der Waals surface area (Å²) >= 11 is 0. The molecule has 1 aliphatic heterocycles. The van der Waals surface area contributed by atoms with Crippen LogP contribution >= 0.6 is 0 Å². The van der Waals surface area contributed by atoms with E-state index in [0.717, 1.165) is 5.56 Å². The molecule has 0 amide bonds. The molecule has 2 heterocycles. The number of nitrogens with one attached hydrogen (secondary N) is 1. The predicted octanol–water partition coefficient (Wildman–Crippen LogP) is 2.26. The van der Waals surface area contributed by atoms with Crippen LogP contribution in [0.2, 0.25) is 0 Å². The third kappa shape index (κ3) is 3.61. The fourth-order valence-corrected chi connectivity index (χ4v) is 2.21. The molecule has 8 nitrogen and oxygen atoms in total. The summed E-state index contributed by atoms with van der Waals surface area (Å²) in [5.74, 6) is 0.808. The fourth-order valence-electron chi connectivity index (χ4n) is 2.21. The second kappa shape index (κ2) is 6.42. The Labute approximate surface area is 138 Å². The van der Waals surface area contributed by atoms with Gasteiger partial charge in [0.2, 0.25) is 5.88 Å². The topological polar surface area (TPSA) is 107 Å². The maximum atomic E-state index is 11.2. The zero-order valence-corrected chi connectivity index (χ0v) is 13.1. The molecule has 0 unspecified atom stereocenters. The molecule has 8 heteroatoms. The Hall–Kier alpha value is -2.71. The van der Waals surface area contributed by atoms with Crippen molar-refractivity contribution in [3.63, 3.8) is 0 Å². The molecule has 2 aromatic rings. The first-order chi connectivity index (χ1) is 11.5. The van der Waals surface area contributed by atoms with Crippen LogP contribution < -0.4 is 10.1 Å². The van der Waals surface area contributed by atoms with Gasteiger partial charge in [0.25, 0.3) is 5.69 Å². The summed E-state index contributed by atoms with van der Waals surface area (Å²) in [6.07, 6.45) is 1.67. The zero-order valence-electron chi connectivity index (χ0n) is 13.1. The summed E-state index contributed by atoms with van der Waals surface area (Å²) in [4.78, 5) is 14.8. The SMILES string of the molecule is Cc1ccc(Oc2ccc([N+](=O)[O-])c(NCC3(O)COC3)c2)nc1. The molecule has 0 spiro atoms. The maximum Gasteiger partial charge on any atom is 0.292 e. The Kier molecular flexibility index (Phi) is 4.32.